The summed E-state index contributed by atoms with van der Waals surface area (Å²) in [4.78, 5) is 4.53. The van der Waals surface area contributed by atoms with Gasteiger partial charge in [-0.05, 0) is 26.0 Å². The first kappa shape index (κ1) is 18.6. The monoisotopic (exact) mass is 495 g/mol. The number of benzene rings is 2. The van der Waals surface area contributed by atoms with Crippen LogP contribution < -0.4 is 16.5 Å². The number of halogens is 1. The van der Waals surface area contributed by atoms with Crippen LogP contribution in [-0.4, -0.2) is 11.7 Å². The molecule has 1 heterocycles. The quantitative estimate of drug-likeness (QED) is 0.402. The van der Waals surface area contributed by atoms with Gasteiger partial charge in [0.15, 0.2) is 0 Å². The second kappa shape index (κ2) is 8.37. The number of rotatable bonds is 4. The normalized spacial score (nSPS) is 10.1. The summed E-state index contributed by atoms with van der Waals surface area (Å²) in [5.74, 6) is 0. The Bertz CT molecular complexity index is 787. The molecule has 1 radical (unpaired) electrons. The predicted octanol–water partition coefficient (Wildman–Crippen LogP) is 2.48. The van der Waals surface area contributed by atoms with Gasteiger partial charge >= 0.3 is 0 Å². The molecule has 24 heavy (non-hydrogen) atoms. The summed E-state index contributed by atoms with van der Waals surface area (Å²) >= 11 is 0. The fraction of sp³-hybridized carbons (Fsp3) is 0.150. The molecule has 0 aliphatic carbocycles. The van der Waals surface area contributed by atoms with Crippen molar-refractivity contribution in [3.05, 3.63) is 83.6 Å². The second-order valence-corrected chi connectivity index (χ2v) is 5.74. The maximum absolute atomic E-state index is 13.1. The summed E-state index contributed by atoms with van der Waals surface area (Å²) in [6.07, 6.45) is 0. The van der Waals surface area contributed by atoms with Crippen LogP contribution >= 0.6 is 0 Å². The number of pyridine rings is 1. The van der Waals surface area contributed by atoms with Crippen LogP contribution in [-0.2, 0) is 26.8 Å². The van der Waals surface area contributed by atoms with Crippen molar-refractivity contribution in [3.8, 4) is 0 Å². The van der Waals surface area contributed by atoms with Gasteiger partial charge in [-0.1, -0.05) is 40.9 Å². The van der Waals surface area contributed by atoms with E-state index >= 15 is 0 Å². The van der Waals surface area contributed by atoms with Crippen LogP contribution in [0.2, 0.25) is 0 Å². The Hall–Kier alpha value is -1.77. The maximum atomic E-state index is 13.1. The van der Waals surface area contributed by atoms with E-state index in [0.29, 0.717) is 5.69 Å². The van der Waals surface area contributed by atoms with Crippen molar-refractivity contribution in [1.82, 2.24) is 4.98 Å². The number of aromatic nitrogens is 1. The van der Waals surface area contributed by atoms with Crippen LogP contribution in [0.25, 0.3) is 0 Å². The summed E-state index contributed by atoms with van der Waals surface area (Å²) in [5, 5.41) is 0. The van der Waals surface area contributed by atoms with E-state index in [1.54, 1.807) is 6.07 Å². The van der Waals surface area contributed by atoms with Gasteiger partial charge in [0.25, 0.3) is 0 Å². The number of aryl methyl sites for hydroxylation is 2. The van der Waals surface area contributed by atoms with Crippen molar-refractivity contribution in [1.29, 1.82) is 0 Å². The van der Waals surface area contributed by atoms with E-state index in [0.717, 1.165) is 11.1 Å². The SMILES string of the molecule is Cc1cccc(C)c1B(c1[c-]cccc1)c1cccc(CF)n1.[Ir]. The van der Waals surface area contributed by atoms with E-state index in [1.165, 1.54) is 16.6 Å². The molecule has 1 aromatic heterocycles. The number of hydrogen-bond donors (Lipinski definition) is 0. The molecule has 0 bridgehead atoms. The van der Waals surface area contributed by atoms with Gasteiger partial charge in [-0.3, -0.25) is 4.98 Å². The van der Waals surface area contributed by atoms with Crippen molar-refractivity contribution in [3.63, 3.8) is 0 Å². The summed E-state index contributed by atoms with van der Waals surface area (Å²) < 4.78 is 13.1. The molecule has 0 unspecified atom stereocenters. The number of hydrogen-bond acceptors (Lipinski definition) is 1. The molecule has 0 aliphatic heterocycles. The molecule has 3 aromatic rings. The van der Waals surface area contributed by atoms with E-state index < -0.39 is 6.67 Å². The summed E-state index contributed by atoms with van der Waals surface area (Å²) in [6.45, 7) is 3.63. The zero-order chi connectivity index (χ0) is 16.2. The number of alkyl halides is 1. The molecule has 1 nitrogen and oxygen atoms in total. The molecular formula is C20H18BFIrN-. The van der Waals surface area contributed by atoms with E-state index in [1.807, 2.05) is 30.3 Å². The molecule has 4 heteroatoms. The third kappa shape index (κ3) is 3.83. The van der Waals surface area contributed by atoms with Gasteiger partial charge in [-0.15, -0.1) is 0 Å². The zero-order valence-electron chi connectivity index (χ0n) is 13.7. The fourth-order valence-electron chi connectivity index (χ4n) is 3.07. The molecule has 123 valence electrons. The van der Waals surface area contributed by atoms with Crippen LogP contribution in [0.15, 0.2) is 60.7 Å². The van der Waals surface area contributed by atoms with Gasteiger partial charge in [-0.25, -0.2) is 4.39 Å². The predicted molar refractivity (Wildman–Crippen MR) is 94.9 cm³/mol. The minimum absolute atomic E-state index is 0. The average molecular weight is 494 g/mol. The Labute approximate surface area is 156 Å². The van der Waals surface area contributed by atoms with Crippen LogP contribution in [0.5, 0.6) is 0 Å². The van der Waals surface area contributed by atoms with Gasteiger partial charge in [0.2, 0.25) is 6.71 Å². The first-order valence-electron chi connectivity index (χ1n) is 7.75. The molecule has 0 atom stereocenters. The minimum Gasteiger partial charge on any atom is -0.264 e. The van der Waals surface area contributed by atoms with E-state index in [-0.39, 0.29) is 26.8 Å². The Morgan fingerprint density at radius 3 is 2.29 bits per heavy atom. The Morgan fingerprint density at radius 2 is 1.67 bits per heavy atom. The zero-order valence-corrected chi connectivity index (χ0v) is 16.1. The second-order valence-electron chi connectivity index (χ2n) is 5.74. The molecular weight excluding hydrogens is 476 g/mol. The van der Waals surface area contributed by atoms with Gasteiger partial charge in [0, 0.05) is 25.7 Å². The van der Waals surface area contributed by atoms with Crippen LogP contribution in [0.1, 0.15) is 16.8 Å². The molecule has 3 rings (SSSR count). The Morgan fingerprint density at radius 1 is 0.958 bits per heavy atom. The minimum atomic E-state index is -0.550. The topological polar surface area (TPSA) is 12.9 Å². The van der Waals surface area contributed by atoms with Crippen molar-refractivity contribution in [2.45, 2.75) is 20.5 Å². The van der Waals surface area contributed by atoms with Gasteiger partial charge in [0.05, 0.1) is 5.69 Å². The molecule has 0 amide bonds. The Kier molecular flexibility index (Phi) is 6.47. The smallest absolute Gasteiger partial charge is 0.241 e. The molecule has 0 spiro atoms. The molecule has 0 N–H and O–H groups in total. The van der Waals surface area contributed by atoms with Crippen molar-refractivity contribution in [2.75, 3.05) is 0 Å². The molecule has 0 saturated heterocycles. The van der Waals surface area contributed by atoms with Crippen LogP contribution in [0.4, 0.5) is 4.39 Å². The number of nitrogens with zero attached hydrogens (tertiary/aromatic N) is 1. The first-order valence-corrected chi connectivity index (χ1v) is 7.75. The first-order chi connectivity index (χ1) is 11.2. The maximum Gasteiger partial charge on any atom is 0.241 e. The third-order valence-corrected chi connectivity index (χ3v) is 4.14. The molecule has 2 aromatic carbocycles. The summed E-state index contributed by atoms with van der Waals surface area (Å²) in [6, 6.07) is 23.1. The summed E-state index contributed by atoms with van der Waals surface area (Å²) in [7, 11) is 0. The fourth-order valence-corrected chi connectivity index (χ4v) is 3.07. The van der Waals surface area contributed by atoms with Crippen LogP contribution in [0, 0.1) is 19.9 Å². The molecule has 0 fully saturated rings. The van der Waals surface area contributed by atoms with Crippen molar-refractivity contribution >= 4 is 23.2 Å². The average Bonchev–Trinajstić information content (AvgIpc) is 2.59. The van der Waals surface area contributed by atoms with Crippen molar-refractivity contribution < 1.29 is 24.5 Å². The third-order valence-electron chi connectivity index (χ3n) is 4.14. The molecule has 0 aliphatic rings. The molecule has 0 saturated carbocycles. The van der Waals surface area contributed by atoms with Gasteiger partial charge in [-0.2, -0.15) is 35.8 Å². The summed E-state index contributed by atoms with van der Waals surface area (Å²) in [5.41, 5.74) is 6.01. The van der Waals surface area contributed by atoms with Crippen LogP contribution in [0.3, 0.4) is 0 Å². The van der Waals surface area contributed by atoms with Gasteiger partial charge < -0.3 is 0 Å². The Balaban J connectivity index is 0.00000208. The van der Waals surface area contributed by atoms with E-state index in [9.17, 15) is 4.39 Å². The van der Waals surface area contributed by atoms with Gasteiger partial charge in [0.1, 0.15) is 6.67 Å². The van der Waals surface area contributed by atoms with E-state index in [4.69, 9.17) is 0 Å². The van der Waals surface area contributed by atoms with Crippen molar-refractivity contribution in [2.24, 2.45) is 0 Å². The van der Waals surface area contributed by atoms with E-state index in [2.05, 4.69) is 49.2 Å². The largest absolute Gasteiger partial charge is 0.264 e. The standard InChI is InChI=1S/C20H18BFN.Ir/c1-15-8-6-9-16(2)20(15)21(17-10-4-3-5-11-17)19-13-7-12-18(14-22)23-19;/h3-10,12-13H,14H2,1-2H3;/q-1;.